The first-order valence-electron chi connectivity index (χ1n) is 9.76. The summed E-state index contributed by atoms with van der Waals surface area (Å²) < 4.78 is 5.07. The first-order valence-corrected chi connectivity index (χ1v) is 9.76. The van der Waals surface area contributed by atoms with Crippen molar-refractivity contribution in [2.45, 2.75) is 13.5 Å². The fraction of sp³-hybridized carbons (Fsp3) is 0.125. The van der Waals surface area contributed by atoms with E-state index >= 15 is 0 Å². The number of hydrogen-bond donors (Lipinski definition) is 1. The van der Waals surface area contributed by atoms with E-state index in [1.807, 2.05) is 49.4 Å². The number of methoxy groups -OCH3 is 1. The molecule has 0 atom stereocenters. The van der Waals surface area contributed by atoms with Gasteiger partial charge in [-0.15, -0.1) is 0 Å². The lowest BCUT2D eigenvalue weighted by Gasteiger charge is -2.10. The molecule has 7 nitrogen and oxygen atoms in total. The predicted molar refractivity (Wildman–Crippen MR) is 117 cm³/mol. The fourth-order valence-corrected chi connectivity index (χ4v) is 3.13. The second-order valence-electron chi connectivity index (χ2n) is 6.86. The average molecular weight is 411 g/mol. The van der Waals surface area contributed by atoms with Crippen LogP contribution in [0.2, 0.25) is 0 Å². The molecule has 4 aromatic rings. The molecule has 0 radical (unpaired) electrons. The largest absolute Gasteiger partial charge is 0.481 e. The highest BCUT2D eigenvalue weighted by Crippen LogP contribution is 2.28. The van der Waals surface area contributed by atoms with Gasteiger partial charge >= 0.3 is 0 Å². The van der Waals surface area contributed by atoms with E-state index < -0.39 is 0 Å². The third-order valence-corrected chi connectivity index (χ3v) is 4.74. The highest BCUT2D eigenvalue weighted by atomic mass is 16.5. The van der Waals surface area contributed by atoms with Crippen LogP contribution in [-0.2, 0) is 6.54 Å². The van der Waals surface area contributed by atoms with Crippen molar-refractivity contribution in [2.75, 3.05) is 7.11 Å². The van der Waals surface area contributed by atoms with E-state index in [-0.39, 0.29) is 5.91 Å². The van der Waals surface area contributed by atoms with Crippen LogP contribution in [0.15, 0.2) is 73.2 Å². The number of hydrogen-bond acceptors (Lipinski definition) is 6. The number of rotatable bonds is 6. The van der Waals surface area contributed by atoms with Crippen LogP contribution in [0.5, 0.6) is 5.88 Å². The van der Waals surface area contributed by atoms with Gasteiger partial charge in [-0.25, -0.2) is 15.0 Å². The smallest absolute Gasteiger partial charge is 0.251 e. The summed E-state index contributed by atoms with van der Waals surface area (Å²) in [6, 6.07) is 16.9. The minimum Gasteiger partial charge on any atom is -0.481 e. The normalized spacial score (nSPS) is 10.5. The lowest BCUT2D eigenvalue weighted by molar-refractivity contribution is 0.0950. The minimum atomic E-state index is -0.186. The summed E-state index contributed by atoms with van der Waals surface area (Å²) in [5.74, 6) is 0.910. The zero-order valence-electron chi connectivity index (χ0n) is 17.2. The molecule has 3 heterocycles. The van der Waals surface area contributed by atoms with E-state index in [1.54, 1.807) is 30.7 Å². The van der Waals surface area contributed by atoms with Gasteiger partial charge in [-0.2, -0.15) is 0 Å². The van der Waals surface area contributed by atoms with Gasteiger partial charge in [0.05, 0.1) is 18.5 Å². The molecule has 1 amide bonds. The van der Waals surface area contributed by atoms with Gasteiger partial charge in [0.2, 0.25) is 5.88 Å². The molecule has 0 aliphatic carbocycles. The first kappa shape index (κ1) is 20.2. The highest BCUT2D eigenvalue weighted by molar-refractivity contribution is 5.94. The number of benzene rings is 1. The summed E-state index contributed by atoms with van der Waals surface area (Å²) in [5.41, 5.74) is 4.95. The molecule has 1 N–H and O–H groups in total. The van der Waals surface area contributed by atoms with Crippen molar-refractivity contribution in [1.29, 1.82) is 0 Å². The number of carbonyl (C=O) groups is 1. The van der Waals surface area contributed by atoms with Crippen LogP contribution in [0.25, 0.3) is 22.5 Å². The van der Waals surface area contributed by atoms with Crippen LogP contribution in [0, 0.1) is 6.92 Å². The average Bonchev–Trinajstić information content (AvgIpc) is 2.83. The lowest BCUT2D eigenvalue weighted by Crippen LogP contribution is -2.22. The number of pyridine rings is 2. The van der Waals surface area contributed by atoms with Crippen LogP contribution in [-0.4, -0.2) is 33.0 Å². The molecule has 0 spiro atoms. The third-order valence-electron chi connectivity index (χ3n) is 4.74. The maximum atomic E-state index is 12.4. The maximum Gasteiger partial charge on any atom is 0.251 e. The van der Waals surface area contributed by atoms with Gasteiger partial charge in [-0.3, -0.25) is 9.78 Å². The molecular weight excluding hydrogens is 390 g/mol. The molecule has 0 aliphatic heterocycles. The van der Waals surface area contributed by atoms with Crippen molar-refractivity contribution >= 4 is 5.91 Å². The number of nitrogens with one attached hydrogen (secondary N) is 1. The quantitative estimate of drug-likeness (QED) is 0.518. The van der Waals surface area contributed by atoms with Gasteiger partial charge in [0, 0.05) is 47.9 Å². The van der Waals surface area contributed by atoms with E-state index in [4.69, 9.17) is 4.74 Å². The number of ether oxygens (including phenoxy) is 1. The maximum absolute atomic E-state index is 12.4. The molecule has 0 unspecified atom stereocenters. The van der Waals surface area contributed by atoms with E-state index in [1.165, 1.54) is 7.11 Å². The molecule has 1 aromatic carbocycles. The van der Waals surface area contributed by atoms with Crippen LogP contribution in [0.1, 0.15) is 21.7 Å². The Kier molecular flexibility index (Phi) is 5.93. The molecular formula is C24H21N5O2. The summed E-state index contributed by atoms with van der Waals surface area (Å²) in [6.45, 7) is 2.27. The van der Waals surface area contributed by atoms with Gasteiger partial charge in [-0.1, -0.05) is 30.3 Å². The van der Waals surface area contributed by atoms with Crippen LogP contribution >= 0.6 is 0 Å². The van der Waals surface area contributed by atoms with Gasteiger partial charge < -0.3 is 10.1 Å². The Labute approximate surface area is 180 Å². The molecule has 0 saturated heterocycles. The van der Waals surface area contributed by atoms with Crippen molar-refractivity contribution in [2.24, 2.45) is 0 Å². The number of carbonyl (C=O) groups excluding carboxylic acids is 1. The van der Waals surface area contributed by atoms with Gasteiger partial charge in [0.1, 0.15) is 5.82 Å². The monoisotopic (exact) mass is 411 g/mol. The van der Waals surface area contributed by atoms with Crippen molar-refractivity contribution in [3.05, 3.63) is 90.1 Å². The summed E-state index contributed by atoms with van der Waals surface area (Å²) in [7, 11) is 1.52. The fourth-order valence-electron chi connectivity index (χ4n) is 3.13. The van der Waals surface area contributed by atoms with E-state index in [2.05, 4.69) is 25.3 Å². The number of nitrogens with zero attached hydrogens (tertiary/aromatic N) is 4. The Morgan fingerprint density at radius 1 is 1.00 bits per heavy atom. The number of aryl methyl sites for hydroxylation is 1. The molecule has 0 bridgehead atoms. The Bertz CT molecular complexity index is 1190. The molecule has 0 aliphatic rings. The van der Waals surface area contributed by atoms with Crippen molar-refractivity contribution in [1.82, 2.24) is 25.3 Å². The zero-order valence-corrected chi connectivity index (χ0v) is 17.2. The summed E-state index contributed by atoms with van der Waals surface area (Å²) in [5, 5.41) is 2.91. The topological polar surface area (TPSA) is 89.9 Å². The highest BCUT2D eigenvalue weighted by Gasteiger charge is 2.12. The Morgan fingerprint density at radius 2 is 1.84 bits per heavy atom. The summed E-state index contributed by atoms with van der Waals surface area (Å²) >= 11 is 0. The molecule has 154 valence electrons. The van der Waals surface area contributed by atoms with E-state index in [0.717, 1.165) is 28.1 Å². The van der Waals surface area contributed by atoms with Crippen molar-refractivity contribution in [3.63, 3.8) is 0 Å². The molecule has 0 saturated carbocycles. The van der Waals surface area contributed by atoms with Gasteiger partial charge in [-0.05, 0) is 30.7 Å². The summed E-state index contributed by atoms with van der Waals surface area (Å²) in [6.07, 6.45) is 5.10. The van der Waals surface area contributed by atoms with Crippen molar-refractivity contribution in [3.8, 4) is 28.4 Å². The van der Waals surface area contributed by atoms with Crippen LogP contribution in [0.3, 0.4) is 0 Å². The number of amides is 1. The van der Waals surface area contributed by atoms with Gasteiger partial charge in [0.15, 0.2) is 0 Å². The standard InChI is InChI=1S/C24H21N5O2/c1-16-27-15-20(21-5-3-4-11-25-21)23(29-16)18-8-6-17(7-9-18)14-28-24(30)19-10-12-26-22(13-19)31-2/h3-13,15H,14H2,1-2H3,(H,28,30). The Balaban J connectivity index is 1.51. The Morgan fingerprint density at radius 3 is 2.58 bits per heavy atom. The minimum absolute atomic E-state index is 0.186. The second kappa shape index (κ2) is 9.13. The lowest BCUT2D eigenvalue weighted by atomic mass is 10.0. The third kappa shape index (κ3) is 4.72. The zero-order chi connectivity index (χ0) is 21.6. The SMILES string of the molecule is COc1cc(C(=O)NCc2ccc(-c3nc(C)ncc3-c3ccccn3)cc2)ccn1. The Hall–Kier alpha value is -4.13. The number of aromatic nitrogens is 4. The summed E-state index contributed by atoms with van der Waals surface area (Å²) in [4.78, 5) is 29.8. The molecule has 0 fully saturated rings. The molecule has 4 rings (SSSR count). The van der Waals surface area contributed by atoms with E-state index in [9.17, 15) is 4.79 Å². The molecule has 3 aromatic heterocycles. The van der Waals surface area contributed by atoms with Gasteiger partial charge in [0.25, 0.3) is 5.91 Å². The predicted octanol–water partition coefficient (Wildman–Crippen LogP) is 3.85. The molecule has 7 heteroatoms. The van der Waals surface area contributed by atoms with Crippen LogP contribution in [0.4, 0.5) is 0 Å². The first-order chi connectivity index (χ1) is 15.1. The second-order valence-corrected chi connectivity index (χ2v) is 6.86. The van der Waals surface area contributed by atoms with E-state index in [0.29, 0.717) is 23.8 Å². The van der Waals surface area contributed by atoms with Crippen molar-refractivity contribution < 1.29 is 9.53 Å². The van der Waals surface area contributed by atoms with Crippen LogP contribution < -0.4 is 10.1 Å². The molecule has 31 heavy (non-hydrogen) atoms.